The van der Waals surface area contributed by atoms with E-state index >= 15 is 0 Å². The summed E-state index contributed by atoms with van der Waals surface area (Å²) < 4.78 is 0.914. The number of pyridine rings is 1. The molecule has 2 rings (SSSR count). The highest BCUT2D eigenvalue weighted by Gasteiger charge is 2.18. The van der Waals surface area contributed by atoms with E-state index in [0.29, 0.717) is 6.04 Å². The van der Waals surface area contributed by atoms with Crippen molar-refractivity contribution in [3.63, 3.8) is 0 Å². The number of nitrogens with one attached hydrogen (secondary N) is 1. The summed E-state index contributed by atoms with van der Waals surface area (Å²) in [6, 6.07) is 4.78. The third-order valence-electron chi connectivity index (χ3n) is 4.08. The molecule has 18 heavy (non-hydrogen) atoms. The van der Waals surface area contributed by atoms with Crippen LogP contribution < -0.4 is 5.32 Å². The Balaban J connectivity index is 1.96. The van der Waals surface area contributed by atoms with Crippen molar-refractivity contribution < 1.29 is 0 Å². The van der Waals surface area contributed by atoms with Gasteiger partial charge in [-0.15, -0.1) is 0 Å². The smallest absolute Gasteiger partial charge is 0.106 e. The summed E-state index contributed by atoms with van der Waals surface area (Å²) in [5, 5.41) is 3.68. The van der Waals surface area contributed by atoms with Crippen molar-refractivity contribution in [1.82, 2.24) is 4.98 Å². The maximum Gasteiger partial charge on any atom is 0.106 e. The first-order chi connectivity index (χ1) is 8.69. The molecule has 2 nitrogen and oxygen atoms in total. The van der Waals surface area contributed by atoms with Crippen molar-refractivity contribution >= 4 is 21.6 Å². The molecular weight excluding hydrogens is 288 g/mol. The molecule has 0 spiro atoms. The Labute approximate surface area is 119 Å². The molecule has 0 aromatic carbocycles. The van der Waals surface area contributed by atoms with Gasteiger partial charge >= 0.3 is 0 Å². The number of nitrogens with zero attached hydrogens (tertiary/aromatic N) is 1. The topological polar surface area (TPSA) is 24.9 Å². The zero-order chi connectivity index (χ0) is 13.0. The van der Waals surface area contributed by atoms with Crippen molar-refractivity contribution in [2.24, 2.45) is 5.92 Å². The molecule has 1 saturated carbocycles. The third-order valence-corrected chi connectivity index (χ3v) is 4.52. The lowest BCUT2D eigenvalue weighted by atomic mass is 9.98. The van der Waals surface area contributed by atoms with Crippen molar-refractivity contribution in [2.45, 2.75) is 58.4 Å². The molecule has 1 aromatic heterocycles. The second-order valence-corrected chi connectivity index (χ2v) is 6.20. The maximum absolute atomic E-state index is 4.45. The van der Waals surface area contributed by atoms with Crippen LogP contribution >= 0.6 is 15.9 Å². The van der Waals surface area contributed by atoms with E-state index in [2.05, 4.69) is 46.1 Å². The molecule has 1 fully saturated rings. The van der Waals surface area contributed by atoms with Gasteiger partial charge < -0.3 is 5.32 Å². The predicted molar refractivity (Wildman–Crippen MR) is 81.0 cm³/mol. The van der Waals surface area contributed by atoms with Crippen molar-refractivity contribution in [1.29, 1.82) is 0 Å². The summed E-state index contributed by atoms with van der Waals surface area (Å²) in [4.78, 5) is 4.45. The highest BCUT2D eigenvalue weighted by Crippen LogP contribution is 2.28. The van der Waals surface area contributed by atoms with Crippen molar-refractivity contribution in [2.75, 3.05) is 5.32 Å². The lowest BCUT2D eigenvalue weighted by Gasteiger charge is -2.19. The molecule has 1 aromatic rings. The van der Waals surface area contributed by atoms with Crippen molar-refractivity contribution in [3.05, 3.63) is 22.4 Å². The molecule has 0 radical (unpaired) electrons. The number of rotatable bonds is 3. The molecular formula is C15H23BrN2. The van der Waals surface area contributed by atoms with Gasteiger partial charge in [0.15, 0.2) is 0 Å². The molecule has 0 saturated heterocycles. The normalized spacial score (nSPS) is 24.6. The summed E-state index contributed by atoms with van der Waals surface area (Å²) in [7, 11) is 0. The van der Waals surface area contributed by atoms with Gasteiger partial charge in [0.1, 0.15) is 4.60 Å². The Kier molecular flexibility index (Phi) is 5.04. The average Bonchev–Trinajstić information content (AvgIpc) is 2.58. The first-order valence-electron chi connectivity index (χ1n) is 7.08. The van der Waals surface area contributed by atoms with E-state index in [1.807, 2.05) is 6.07 Å². The highest BCUT2D eigenvalue weighted by molar-refractivity contribution is 9.10. The van der Waals surface area contributed by atoms with Gasteiger partial charge in [-0.2, -0.15) is 0 Å². The molecule has 100 valence electrons. The van der Waals surface area contributed by atoms with Crippen LogP contribution in [0.2, 0.25) is 0 Å². The fourth-order valence-electron chi connectivity index (χ4n) is 2.83. The van der Waals surface area contributed by atoms with Crippen LogP contribution in [0.5, 0.6) is 0 Å². The van der Waals surface area contributed by atoms with Crippen LogP contribution in [0.25, 0.3) is 0 Å². The Hall–Kier alpha value is -0.570. The molecule has 0 amide bonds. The standard InChI is InChI=1S/C15H23BrN2/c1-3-12-5-4-6-13(8-7-12)18-14-9-10-15(16)17-11(14)2/h9-10,12-13,18H,3-8H2,1-2H3. The Morgan fingerprint density at radius 1 is 1.28 bits per heavy atom. The fraction of sp³-hybridized carbons (Fsp3) is 0.667. The van der Waals surface area contributed by atoms with Gasteiger partial charge in [-0.05, 0) is 60.2 Å². The van der Waals surface area contributed by atoms with Gasteiger partial charge in [-0.3, -0.25) is 0 Å². The average molecular weight is 311 g/mol. The van der Waals surface area contributed by atoms with Crippen LogP contribution in [-0.2, 0) is 0 Å². The van der Waals surface area contributed by atoms with Crippen LogP contribution in [0.4, 0.5) is 5.69 Å². The summed E-state index contributed by atoms with van der Waals surface area (Å²) in [6.45, 7) is 4.39. The Morgan fingerprint density at radius 2 is 2.11 bits per heavy atom. The molecule has 2 atom stereocenters. The van der Waals surface area contributed by atoms with Crippen molar-refractivity contribution in [3.8, 4) is 0 Å². The van der Waals surface area contributed by atoms with E-state index in [9.17, 15) is 0 Å². The van der Waals surface area contributed by atoms with Gasteiger partial charge in [0, 0.05) is 6.04 Å². The highest BCUT2D eigenvalue weighted by atomic mass is 79.9. The Morgan fingerprint density at radius 3 is 2.83 bits per heavy atom. The molecule has 1 aliphatic carbocycles. The van der Waals surface area contributed by atoms with E-state index in [0.717, 1.165) is 16.2 Å². The third kappa shape index (κ3) is 3.71. The predicted octanol–water partition coefficient (Wildman–Crippen LogP) is 4.92. The molecule has 2 unspecified atom stereocenters. The quantitative estimate of drug-likeness (QED) is 0.633. The zero-order valence-corrected chi connectivity index (χ0v) is 13.0. The van der Waals surface area contributed by atoms with Crippen LogP contribution in [0.3, 0.4) is 0 Å². The number of anilines is 1. The molecule has 1 aliphatic rings. The van der Waals surface area contributed by atoms with Gasteiger partial charge in [-0.25, -0.2) is 4.98 Å². The monoisotopic (exact) mass is 310 g/mol. The number of aromatic nitrogens is 1. The minimum Gasteiger partial charge on any atom is -0.381 e. The molecule has 0 bridgehead atoms. The first-order valence-corrected chi connectivity index (χ1v) is 7.88. The second kappa shape index (κ2) is 6.55. The van der Waals surface area contributed by atoms with E-state index < -0.39 is 0 Å². The van der Waals surface area contributed by atoms with Crippen LogP contribution in [0.15, 0.2) is 16.7 Å². The molecule has 1 heterocycles. The van der Waals surface area contributed by atoms with Gasteiger partial charge in [0.2, 0.25) is 0 Å². The van der Waals surface area contributed by atoms with E-state index in [4.69, 9.17) is 0 Å². The number of halogens is 1. The zero-order valence-electron chi connectivity index (χ0n) is 11.4. The SMILES string of the molecule is CCC1CCCC(Nc2ccc(Br)nc2C)CC1. The summed E-state index contributed by atoms with van der Waals surface area (Å²) >= 11 is 3.41. The van der Waals surface area contributed by atoms with E-state index in [-0.39, 0.29) is 0 Å². The second-order valence-electron chi connectivity index (χ2n) is 5.39. The number of hydrogen-bond donors (Lipinski definition) is 1. The minimum atomic E-state index is 0.628. The number of hydrogen-bond acceptors (Lipinski definition) is 2. The van der Waals surface area contributed by atoms with Crippen LogP contribution in [-0.4, -0.2) is 11.0 Å². The summed E-state index contributed by atoms with van der Waals surface area (Å²) in [5.74, 6) is 0.945. The first kappa shape index (κ1) is 13.9. The van der Waals surface area contributed by atoms with Gasteiger partial charge in [0.25, 0.3) is 0 Å². The number of aryl methyl sites for hydroxylation is 1. The van der Waals surface area contributed by atoms with E-state index in [1.165, 1.54) is 44.2 Å². The van der Waals surface area contributed by atoms with Gasteiger partial charge in [-0.1, -0.05) is 26.2 Å². The summed E-state index contributed by atoms with van der Waals surface area (Å²) in [5.41, 5.74) is 2.28. The molecule has 1 N–H and O–H groups in total. The molecule has 3 heteroatoms. The largest absolute Gasteiger partial charge is 0.381 e. The fourth-order valence-corrected chi connectivity index (χ4v) is 3.23. The van der Waals surface area contributed by atoms with Crippen LogP contribution in [0, 0.1) is 12.8 Å². The van der Waals surface area contributed by atoms with Gasteiger partial charge in [0.05, 0.1) is 11.4 Å². The van der Waals surface area contributed by atoms with Crippen LogP contribution in [0.1, 0.15) is 51.1 Å². The Bertz CT molecular complexity index is 392. The maximum atomic E-state index is 4.45. The summed E-state index contributed by atoms with van der Waals surface area (Å²) in [6.07, 6.45) is 8.08. The molecule has 0 aliphatic heterocycles. The lowest BCUT2D eigenvalue weighted by molar-refractivity contribution is 0.444. The lowest BCUT2D eigenvalue weighted by Crippen LogP contribution is -2.19. The minimum absolute atomic E-state index is 0.628. The van der Waals surface area contributed by atoms with E-state index in [1.54, 1.807) is 0 Å².